The molecule has 2 heterocycles. The molecule has 9 heteroatoms. The van der Waals surface area contributed by atoms with Gasteiger partial charge in [-0.2, -0.15) is 4.98 Å². The van der Waals surface area contributed by atoms with Crippen LogP contribution >= 0.6 is 0 Å². The minimum absolute atomic E-state index is 0.139. The Morgan fingerprint density at radius 3 is 2.88 bits per heavy atom. The lowest BCUT2D eigenvalue weighted by Gasteiger charge is -2.07. The van der Waals surface area contributed by atoms with Crippen molar-refractivity contribution in [3.63, 3.8) is 0 Å². The highest BCUT2D eigenvalue weighted by atomic mass is 16.5. The van der Waals surface area contributed by atoms with E-state index in [4.69, 9.17) is 4.74 Å². The number of H-pyrrole nitrogens is 1. The molecule has 130 valence electrons. The topological polar surface area (TPSA) is 111 Å². The molecular weight excluding hydrogens is 322 g/mol. The molecule has 0 fully saturated rings. The second-order valence-corrected chi connectivity index (χ2v) is 5.91. The number of aromatic amines is 1. The van der Waals surface area contributed by atoms with Crippen LogP contribution in [0.15, 0.2) is 36.9 Å². The van der Waals surface area contributed by atoms with Gasteiger partial charge in [0.25, 0.3) is 5.91 Å². The number of rotatable bonds is 7. The van der Waals surface area contributed by atoms with Crippen LogP contribution < -0.4 is 10.1 Å². The smallest absolute Gasteiger partial charge is 0.264 e. The van der Waals surface area contributed by atoms with Gasteiger partial charge >= 0.3 is 0 Å². The van der Waals surface area contributed by atoms with Crippen molar-refractivity contribution in [2.45, 2.75) is 20.3 Å². The van der Waals surface area contributed by atoms with E-state index < -0.39 is 0 Å². The number of hydrogen-bond acceptors (Lipinski definition) is 6. The number of carbonyl (C=O) groups excluding carboxylic acids is 1. The van der Waals surface area contributed by atoms with Gasteiger partial charge in [-0.3, -0.25) is 19.8 Å². The van der Waals surface area contributed by atoms with Crippen LogP contribution in [0.4, 0.5) is 5.95 Å². The third kappa shape index (κ3) is 4.63. The number of nitrogens with one attached hydrogen (secondary N) is 2. The van der Waals surface area contributed by atoms with Gasteiger partial charge in [0, 0.05) is 12.5 Å². The van der Waals surface area contributed by atoms with Gasteiger partial charge in [0.05, 0.1) is 5.69 Å². The van der Waals surface area contributed by atoms with Gasteiger partial charge in [-0.15, -0.1) is 15.3 Å². The van der Waals surface area contributed by atoms with Crippen LogP contribution in [0.5, 0.6) is 5.75 Å². The molecule has 0 saturated carbocycles. The number of ether oxygens (including phenoxy) is 1. The van der Waals surface area contributed by atoms with Gasteiger partial charge in [0.1, 0.15) is 24.2 Å². The predicted molar refractivity (Wildman–Crippen MR) is 90.4 cm³/mol. The Hall–Kier alpha value is -3.23. The number of anilines is 1. The predicted octanol–water partition coefficient (Wildman–Crippen LogP) is 1.60. The van der Waals surface area contributed by atoms with Crippen molar-refractivity contribution in [2.75, 3.05) is 11.9 Å². The van der Waals surface area contributed by atoms with E-state index in [1.807, 2.05) is 12.1 Å². The summed E-state index contributed by atoms with van der Waals surface area (Å²) in [4.78, 5) is 16.2. The number of amides is 1. The van der Waals surface area contributed by atoms with E-state index in [0.29, 0.717) is 11.7 Å². The molecule has 0 spiro atoms. The standard InChI is InChI=1S/C16H19N7O2/c1-11(2)6-14-19-16(22-21-14)20-15(24)8-25-13-5-3-4-12(7-13)23-9-17-18-10-23/h3-5,7,9-11H,6,8H2,1-2H3,(H2,19,20,21,22,24). The molecule has 0 saturated heterocycles. The molecule has 1 aromatic carbocycles. The molecule has 2 N–H and O–H groups in total. The summed E-state index contributed by atoms with van der Waals surface area (Å²) in [7, 11) is 0. The minimum atomic E-state index is -0.329. The van der Waals surface area contributed by atoms with Gasteiger partial charge in [-0.25, -0.2) is 0 Å². The second-order valence-electron chi connectivity index (χ2n) is 5.91. The maximum Gasteiger partial charge on any atom is 0.264 e. The molecule has 0 aliphatic rings. The quantitative estimate of drug-likeness (QED) is 0.675. The summed E-state index contributed by atoms with van der Waals surface area (Å²) in [6, 6.07) is 7.29. The average molecular weight is 341 g/mol. The zero-order valence-electron chi connectivity index (χ0n) is 14.0. The van der Waals surface area contributed by atoms with Crippen molar-refractivity contribution < 1.29 is 9.53 Å². The molecule has 0 atom stereocenters. The summed E-state index contributed by atoms with van der Waals surface area (Å²) in [6.45, 7) is 4.03. The molecule has 3 aromatic rings. The highest BCUT2D eigenvalue weighted by molar-refractivity contribution is 5.90. The molecule has 1 amide bonds. The van der Waals surface area contributed by atoms with Crippen molar-refractivity contribution in [2.24, 2.45) is 5.92 Å². The van der Waals surface area contributed by atoms with Gasteiger partial charge in [0.15, 0.2) is 6.61 Å². The maximum absolute atomic E-state index is 12.0. The van der Waals surface area contributed by atoms with Crippen LogP contribution in [0, 0.1) is 5.92 Å². The molecule has 0 aliphatic carbocycles. The number of benzene rings is 1. The van der Waals surface area contributed by atoms with Crippen molar-refractivity contribution in [1.29, 1.82) is 0 Å². The monoisotopic (exact) mass is 341 g/mol. The zero-order valence-corrected chi connectivity index (χ0v) is 14.0. The summed E-state index contributed by atoms with van der Waals surface area (Å²) < 4.78 is 7.26. The van der Waals surface area contributed by atoms with E-state index in [1.54, 1.807) is 29.4 Å². The van der Waals surface area contributed by atoms with E-state index in [9.17, 15) is 4.79 Å². The van der Waals surface area contributed by atoms with Crippen LogP contribution in [0.25, 0.3) is 5.69 Å². The van der Waals surface area contributed by atoms with Crippen molar-refractivity contribution in [1.82, 2.24) is 29.9 Å². The summed E-state index contributed by atoms with van der Waals surface area (Å²) in [5.41, 5.74) is 0.843. The molecular formula is C16H19N7O2. The average Bonchev–Trinajstić information content (AvgIpc) is 3.25. The summed E-state index contributed by atoms with van der Waals surface area (Å²) >= 11 is 0. The zero-order chi connectivity index (χ0) is 17.6. The highest BCUT2D eigenvalue weighted by Crippen LogP contribution is 2.16. The van der Waals surface area contributed by atoms with Crippen LogP contribution in [-0.2, 0) is 11.2 Å². The summed E-state index contributed by atoms with van der Waals surface area (Å²) in [5.74, 6) is 1.69. The lowest BCUT2D eigenvalue weighted by Crippen LogP contribution is -2.21. The van der Waals surface area contributed by atoms with E-state index in [1.165, 1.54) is 0 Å². The van der Waals surface area contributed by atoms with Crippen molar-refractivity contribution >= 4 is 11.9 Å². The Morgan fingerprint density at radius 2 is 2.12 bits per heavy atom. The van der Waals surface area contributed by atoms with Crippen molar-refractivity contribution in [3.05, 3.63) is 42.7 Å². The number of hydrogen-bond donors (Lipinski definition) is 2. The fraction of sp³-hybridized carbons (Fsp3) is 0.312. The van der Waals surface area contributed by atoms with Crippen LogP contribution in [0.1, 0.15) is 19.7 Å². The Bertz CT molecular complexity index is 827. The fourth-order valence-electron chi connectivity index (χ4n) is 2.21. The van der Waals surface area contributed by atoms with Crippen molar-refractivity contribution in [3.8, 4) is 11.4 Å². The third-order valence-corrected chi connectivity index (χ3v) is 3.29. The molecule has 0 bridgehead atoms. The van der Waals surface area contributed by atoms with Crippen LogP contribution in [-0.4, -0.2) is 42.5 Å². The summed E-state index contributed by atoms with van der Waals surface area (Å²) in [5, 5.41) is 16.9. The normalized spacial score (nSPS) is 10.8. The number of nitrogens with zero attached hydrogens (tertiary/aromatic N) is 5. The first kappa shape index (κ1) is 16.6. The SMILES string of the molecule is CC(C)Cc1nc(NC(=O)COc2cccc(-n3cnnc3)c2)n[nH]1. The van der Waals surface area contributed by atoms with E-state index >= 15 is 0 Å². The highest BCUT2D eigenvalue weighted by Gasteiger charge is 2.09. The van der Waals surface area contributed by atoms with E-state index in [0.717, 1.165) is 17.9 Å². The number of carbonyl (C=O) groups is 1. The molecule has 25 heavy (non-hydrogen) atoms. The molecule has 2 aromatic heterocycles. The fourth-order valence-corrected chi connectivity index (χ4v) is 2.21. The van der Waals surface area contributed by atoms with E-state index in [-0.39, 0.29) is 18.5 Å². The molecule has 3 rings (SSSR count). The van der Waals surface area contributed by atoms with Crippen LogP contribution in [0.2, 0.25) is 0 Å². The maximum atomic E-state index is 12.0. The lowest BCUT2D eigenvalue weighted by molar-refractivity contribution is -0.118. The Morgan fingerprint density at radius 1 is 1.32 bits per heavy atom. The first-order valence-electron chi connectivity index (χ1n) is 7.89. The Labute approximate surface area is 144 Å². The molecule has 9 nitrogen and oxygen atoms in total. The molecule has 0 radical (unpaired) electrons. The summed E-state index contributed by atoms with van der Waals surface area (Å²) in [6.07, 6.45) is 3.95. The van der Waals surface area contributed by atoms with Gasteiger partial charge in [-0.1, -0.05) is 19.9 Å². The largest absolute Gasteiger partial charge is 0.484 e. The van der Waals surface area contributed by atoms with Crippen LogP contribution in [0.3, 0.4) is 0 Å². The Kier molecular flexibility index (Phi) is 5.03. The molecule has 0 unspecified atom stereocenters. The van der Waals surface area contributed by atoms with Gasteiger partial charge in [-0.05, 0) is 18.1 Å². The minimum Gasteiger partial charge on any atom is -0.484 e. The lowest BCUT2D eigenvalue weighted by atomic mass is 10.1. The third-order valence-electron chi connectivity index (χ3n) is 3.29. The first-order valence-corrected chi connectivity index (χ1v) is 7.89. The van der Waals surface area contributed by atoms with E-state index in [2.05, 4.69) is 44.5 Å². The second kappa shape index (κ2) is 7.56. The number of aromatic nitrogens is 6. The first-order chi connectivity index (χ1) is 12.1. The van der Waals surface area contributed by atoms with Gasteiger partial charge < -0.3 is 4.74 Å². The molecule has 0 aliphatic heterocycles. The Balaban J connectivity index is 1.54. The van der Waals surface area contributed by atoms with Gasteiger partial charge in [0.2, 0.25) is 5.95 Å².